The summed E-state index contributed by atoms with van der Waals surface area (Å²) in [5, 5.41) is 8.21. The van der Waals surface area contributed by atoms with Crippen molar-refractivity contribution >= 4 is 28.8 Å². The Morgan fingerprint density at radius 2 is 2.32 bits per heavy atom. The van der Waals surface area contributed by atoms with Gasteiger partial charge in [-0.25, -0.2) is 14.6 Å². The molecule has 0 radical (unpaired) electrons. The van der Waals surface area contributed by atoms with Gasteiger partial charge in [-0.3, -0.25) is 0 Å². The molecule has 4 amide bonds. The number of aromatic nitrogens is 2. The topological polar surface area (TPSA) is 91.3 Å². The first-order valence-electron chi connectivity index (χ1n) is 7.12. The van der Waals surface area contributed by atoms with Crippen LogP contribution in [0.1, 0.15) is 0 Å². The van der Waals surface area contributed by atoms with Gasteiger partial charge in [0.1, 0.15) is 0 Å². The van der Waals surface area contributed by atoms with E-state index in [0.29, 0.717) is 31.9 Å². The molecule has 1 aromatic heterocycles. The van der Waals surface area contributed by atoms with Crippen molar-refractivity contribution in [1.82, 2.24) is 25.1 Å². The van der Waals surface area contributed by atoms with E-state index < -0.39 is 0 Å². The van der Waals surface area contributed by atoms with Gasteiger partial charge in [0.2, 0.25) is 0 Å². The maximum Gasteiger partial charge on any atom is 0.319 e. The van der Waals surface area contributed by atoms with E-state index >= 15 is 0 Å². The van der Waals surface area contributed by atoms with Gasteiger partial charge in [-0.1, -0.05) is 0 Å². The number of nitrogens with zero attached hydrogens (tertiary/aromatic N) is 3. The fraction of sp³-hybridized carbons (Fsp3) is 0.357. The van der Waals surface area contributed by atoms with Crippen LogP contribution >= 0.6 is 0 Å². The van der Waals surface area contributed by atoms with Crippen molar-refractivity contribution in [3.8, 4) is 0 Å². The highest BCUT2D eigenvalue weighted by Crippen LogP contribution is 2.17. The molecule has 0 unspecified atom stereocenters. The molecule has 0 atom stereocenters. The molecule has 8 heteroatoms. The third-order valence-corrected chi connectivity index (χ3v) is 3.60. The molecule has 1 aliphatic rings. The molecule has 8 nitrogen and oxygen atoms in total. The van der Waals surface area contributed by atoms with Crippen molar-refractivity contribution < 1.29 is 9.59 Å². The minimum atomic E-state index is -0.296. The van der Waals surface area contributed by atoms with Crippen LogP contribution in [0.25, 0.3) is 11.0 Å². The van der Waals surface area contributed by atoms with Crippen LogP contribution in [-0.2, 0) is 7.05 Å². The molecular formula is C14H18N6O2. The number of carbonyl (C=O) groups is 2. The number of hydrogen-bond acceptors (Lipinski definition) is 3. The molecule has 22 heavy (non-hydrogen) atoms. The summed E-state index contributed by atoms with van der Waals surface area (Å²) < 4.78 is 1.92. The predicted molar refractivity (Wildman–Crippen MR) is 82.7 cm³/mol. The monoisotopic (exact) mass is 302 g/mol. The zero-order valence-electron chi connectivity index (χ0n) is 12.3. The first-order valence-corrected chi connectivity index (χ1v) is 7.12. The van der Waals surface area contributed by atoms with Crippen molar-refractivity contribution in [2.45, 2.75) is 0 Å². The number of nitrogens with one attached hydrogen (secondary N) is 3. The zero-order chi connectivity index (χ0) is 15.5. The molecular weight excluding hydrogens is 284 g/mol. The average Bonchev–Trinajstić information content (AvgIpc) is 3.06. The van der Waals surface area contributed by atoms with Crippen LogP contribution in [0.4, 0.5) is 15.3 Å². The Morgan fingerprint density at radius 1 is 1.45 bits per heavy atom. The van der Waals surface area contributed by atoms with E-state index in [9.17, 15) is 9.59 Å². The Bertz CT molecular complexity index is 710. The van der Waals surface area contributed by atoms with Gasteiger partial charge in [0.05, 0.1) is 17.4 Å². The van der Waals surface area contributed by atoms with Crippen LogP contribution in [0.15, 0.2) is 24.5 Å². The highest BCUT2D eigenvalue weighted by atomic mass is 16.2. The number of aryl methyl sites for hydroxylation is 1. The molecule has 2 aromatic rings. The van der Waals surface area contributed by atoms with E-state index in [1.165, 1.54) is 0 Å². The SMILES string of the molecule is Cn1cnc2cc(NC(=O)NCCN3CCNC3=O)ccc21. The standard InChI is InChI=1S/C14H18N6O2/c1-19-9-17-11-8-10(2-3-12(11)19)18-13(21)15-4-6-20-7-5-16-14(20)22/h2-3,8-9H,4-7H2,1H3,(H,16,22)(H2,15,18,21). The maximum atomic E-state index is 11.8. The number of carbonyl (C=O) groups excluding carboxylic acids is 2. The molecule has 2 heterocycles. The highest BCUT2D eigenvalue weighted by Gasteiger charge is 2.18. The fourth-order valence-electron chi connectivity index (χ4n) is 2.42. The molecule has 0 saturated carbocycles. The number of amides is 4. The van der Waals surface area contributed by atoms with Crippen molar-refractivity contribution in [2.75, 3.05) is 31.5 Å². The maximum absolute atomic E-state index is 11.8. The molecule has 1 aliphatic heterocycles. The van der Waals surface area contributed by atoms with Crippen LogP contribution in [0.5, 0.6) is 0 Å². The smallest absolute Gasteiger partial charge is 0.319 e. The molecule has 3 rings (SSSR count). The summed E-state index contributed by atoms with van der Waals surface area (Å²) in [6, 6.07) is 5.19. The van der Waals surface area contributed by atoms with Gasteiger partial charge in [-0.2, -0.15) is 0 Å². The van der Waals surface area contributed by atoms with E-state index in [4.69, 9.17) is 0 Å². The van der Waals surface area contributed by atoms with Crippen molar-refractivity contribution in [3.05, 3.63) is 24.5 Å². The van der Waals surface area contributed by atoms with Gasteiger partial charge in [0, 0.05) is 38.9 Å². The Morgan fingerprint density at radius 3 is 3.09 bits per heavy atom. The van der Waals surface area contributed by atoms with Gasteiger partial charge in [0.15, 0.2) is 0 Å². The number of imidazole rings is 1. The van der Waals surface area contributed by atoms with E-state index in [0.717, 1.165) is 11.0 Å². The van der Waals surface area contributed by atoms with Gasteiger partial charge in [-0.05, 0) is 18.2 Å². The van der Waals surface area contributed by atoms with Gasteiger partial charge in [0.25, 0.3) is 0 Å². The first kappa shape index (κ1) is 14.2. The number of hydrogen-bond donors (Lipinski definition) is 3. The van der Waals surface area contributed by atoms with Crippen molar-refractivity contribution in [1.29, 1.82) is 0 Å². The Kier molecular flexibility index (Phi) is 3.82. The van der Waals surface area contributed by atoms with E-state index in [2.05, 4.69) is 20.9 Å². The summed E-state index contributed by atoms with van der Waals surface area (Å²) in [5.41, 5.74) is 2.52. The summed E-state index contributed by atoms with van der Waals surface area (Å²) in [7, 11) is 1.92. The molecule has 0 aliphatic carbocycles. The summed E-state index contributed by atoms with van der Waals surface area (Å²) >= 11 is 0. The first-order chi connectivity index (χ1) is 10.6. The lowest BCUT2D eigenvalue weighted by molar-refractivity contribution is 0.216. The molecule has 0 spiro atoms. The summed E-state index contributed by atoms with van der Waals surface area (Å²) in [5.74, 6) is 0. The molecule has 1 fully saturated rings. The minimum absolute atomic E-state index is 0.0807. The summed E-state index contributed by atoms with van der Waals surface area (Å²) in [6.07, 6.45) is 1.73. The minimum Gasteiger partial charge on any atom is -0.336 e. The lowest BCUT2D eigenvalue weighted by Crippen LogP contribution is -2.38. The van der Waals surface area contributed by atoms with Crippen LogP contribution in [0.3, 0.4) is 0 Å². The van der Waals surface area contributed by atoms with Crippen LogP contribution in [0, 0.1) is 0 Å². The van der Waals surface area contributed by atoms with Crippen LogP contribution < -0.4 is 16.0 Å². The second kappa shape index (κ2) is 5.92. The van der Waals surface area contributed by atoms with Gasteiger partial charge in [-0.15, -0.1) is 0 Å². The van der Waals surface area contributed by atoms with Crippen LogP contribution in [0.2, 0.25) is 0 Å². The van der Waals surface area contributed by atoms with Crippen molar-refractivity contribution in [3.63, 3.8) is 0 Å². The largest absolute Gasteiger partial charge is 0.336 e. The molecule has 116 valence electrons. The summed E-state index contributed by atoms with van der Waals surface area (Å²) in [4.78, 5) is 29.1. The lowest BCUT2D eigenvalue weighted by Gasteiger charge is -2.14. The quantitative estimate of drug-likeness (QED) is 0.777. The number of anilines is 1. The number of rotatable bonds is 4. The van der Waals surface area contributed by atoms with Crippen molar-refractivity contribution in [2.24, 2.45) is 7.05 Å². The van der Waals surface area contributed by atoms with Crippen LogP contribution in [-0.4, -0.2) is 52.7 Å². The van der Waals surface area contributed by atoms with E-state index in [1.807, 2.05) is 29.8 Å². The third kappa shape index (κ3) is 2.95. The highest BCUT2D eigenvalue weighted by molar-refractivity contribution is 5.91. The second-order valence-electron chi connectivity index (χ2n) is 5.16. The number of fused-ring (bicyclic) bond motifs is 1. The molecule has 0 bridgehead atoms. The zero-order valence-corrected chi connectivity index (χ0v) is 12.3. The predicted octanol–water partition coefficient (Wildman–Crippen LogP) is 0.720. The molecule has 3 N–H and O–H groups in total. The fourth-order valence-corrected chi connectivity index (χ4v) is 2.42. The van der Waals surface area contributed by atoms with E-state index in [-0.39, 0.29) is 12.1 Å². The number of urea groups is 2. The molecule has 1 saturated heterocycles. The third-order valence-electron chi connectivity index (χ3n) is 3.60. The number of benzene rings is 1. The normalized spacial score (nSPS) is 14.2. The second-order valence-corrected chi connectivity index (χ2v) is 5.16. The Labute approximate surface area is 127 Å². The van der Waals surface area contributed by atoms with Gasteiger partial charge < -0.3 is 25.4 Å². The summed E-state index contributed by atoms with van der Waals surface area (Å²) in [6.45, 7) is 2.25. The Balaban J connectivity index is 1.51. The van der Waals surface area contributed by atoms with E-state index in [1.54, 1.807) is 11.2 Å². The lowest BCUT2D eigenvalue weighted by atomic mass is 10.3. The van der Waals surface area contributed by atoms with Gasteiger partial charge >= 0.3 is 12.1 Å². The average molecular weight is 302 g/mol. The molecule has 1 aromatic carbocycles. The Hall–Kier alpha value is -2.77.